The lowest BCUT2D eigenvalue weighted by Crippen LogP contribution is -2.29. The molecule has 0 saturated heterocycles. The number of ether oxygens (including phenoxy) is 1. The number of rotatable bonds is 4. The number of benzene rings is 1. The zero-order valence-electron chi connectivity index (χ0n) is 10.9. The van der Waals surface area contributed by atoms with Crippen molar-refractivity contribution in [3.05, 3.63) is 35.9 Å². The minimum Gasteiger partial charge on any atom is -0.465 e. The van der Waals surface area contributed by atoms with Gasteiger partial charge in [0.05, 0.1) is 12.4 Å². The van der Waals surface area contributed by atoms with Crippen molar-refractivity contribution in [3.8, 4) is 0 Å². The molecule has 0 spiro atoms. The molecule has 106 valence electrons. The molecule has 2 rings (SSSR count). The van der Waals surface area contributed by atoms with Crippen LogP contribution in [0.5, 0.6) is 0 Å². The van der Waals surface area contributed by atoms with Gasteiger partial charge in [0.25, 0.3) is 5.91 Å². The Balaban J connectivity index is 1.97. The third kappa shape index (κ3) is 4.01. The molecule has 0 fully saturated rings. The first-order valence-electron chi connectivity index (χ1n) is 6.08. The summed E-state index contributed by atoms with van der Waals surface area (Å²) >= 11 is 2.62. The number of carbonyl (C=O) groups excluding carboxylic acids is 2. The van der Waals surface area contributed by atoms with Crippen LogP contribution >= 0.6 is 23.5 Å². The van der Waals surface area contributed by atoms with Gasteiger partial charge in [0.15, 0.2) is 4.38 Å². The van der Waals surface area contributed by atoms with Gasteiger partial charge >= 0.3 is 5.97 Å². The van der Waals surface area contributed by atoms with Gasteiger partial charge in [-0.3, -0.25) is 9.59 Å². The fourth-order valence-electron chi connectivity index (χ4n) is 1.58. The smallest absolute Gasteiger partial charge is 0.316 e. The van der Waals surface area contributed by atoms with E-state index in [1.54, 1.807) is 6.92 Å². The molecule has 1 heterocycles. The van der Waals surface area contributed by atoms with Crippen molar-refractivity contribution in [1.29, 1.82) is 0 Å². The SMILES string of the molecule is CCOC(=O)CSC1=NNC(=O)C(c2ccccc2)S1. The molecule has 1 N–H and O–H groups in total. The highest BCUT2D eigenvalue weighted by Gasteiger charge is 2.27. The molecule has 1 aromatic rings. The number of hydrogen-bond acceptors (Lipinski definition) is 6. The van der Waals surface area contributed by atoms with Gasteiger partial charge in [0, 0.05) is 0 Å². The first-order chi connectivity index (χ1) is 9.70. The van der Waals surface area contributed by atoms with Crippen LogP contribution in [0.15, 0.2) is 35.4 Å². The Labute approximate surface area is 125 Å². The van der Waals surface area contributed by atoms with Crippen LogP contribution in [0, 0.1) is 0 Å². The topological polar surface area (TPSA) is 67.8 Å². The van der Waals surface area contributed by atoms with E-state index in [2.05, 4.69) is 10.5 Å². The van der Waals surface area contributed by atoms with Gasteiger partial charge in [0.2, 0.25) is 0 Å². The Bertz CT molecular complexity index is 520. The molecule has 0 aromatic heterocycles. The van der Waals surface area contributed by atoms with Crippen LogP contribution in [-0.2, 0) is 14.3 Å². The Hall–Kier alpha value is -1.47. The van der Waals surface area contributed by atoms with Gasteiger partial charge in [0.1, 0.15) is 5.25 Å². The number of carbonyl (C=O) groups is 2. The highest BCUT2D eigenvalue weighted by atomic mass is 32.2. The molecule has 1 atom stereocenters. The lowest BCUT2D eigenvalue weighted by atomic mass is 10.1. The van der Waals surface area contributed by atoms with Crippen LogP contribution < -0.4 is 5.43 Å². The summed E-state index contributed by atoms with van der Waals surface area (Å²) in [6.07, 6.45) is 0. The molecular formula is C13H14N2O3S2. The first kappa shape index (κ1) is 14.9. The molecule has 1 aromatic carbocycles. The van der Waals surface area contributed by atoms with Gasteiger partial charge in [-0.2, -0.15) is 5.10 Å². The minimum atomic E-state index is -0.335. The fourth-order valence-corrected chi connectivity index (χ4v) is 3.50. The Morgan fingerprint density at radius 1 is 1.45 bits per heavy atom. The zero-order valence-corrected chi connectivity index (χ0v) is 12.5. The molecule has 5 nitrogen and oxygen atoms in total. The first-order valence-corrected chi connectivity index (χ1v) is 7.94. The van der Waals surface area contributed by atoms with E-state index in [1.165, 1.54) is 23.5 Å². The van der Waals surface area contributed by atoms with Crippen LogP contribution in [0.1, 0.15) is 17.7 Å². The zero-order chi connectivity index (χ0) is 14.4. The predicted octanol–water partition coefficient (Wildman–Crippen LogP) is 2.16. The van der Waals surface area contributed by atoms with Crippen molar-refractivity contribution in [2.75, 3.05) is 12.4 Å². The van der Waals surface area contributed by atoms with E-state index >= 15 is 0 Å². The summed E-state index contributed by atoms with van der Waals surface area (Å²) in [7, 11) is 0. The molecule has 1 aliphatic heterocycles. The second-order valence-electron chi connectivity index (χ2n) is 3.86. The molecule has 1 unspecified atom stereocenters. The summed E-state index contributed by atoms with van der Waals surface area (Å²) in [4.78, 5) is 23.1. The monoisotopic (exact) mass is 310 g/mol. The Morgan fingerprint density at radius 3 is 2.90 bits per heavy atom. The third-order valence-corrected chi connectivity index (χ3v) is 4.81. The average molecular weight is 310 g/mol. The third-order valence-electron chi connectivity index (χ3n) is 2.44. The molecule has 7 heteroatoms. The van der Waals surface area contributed by atoms with Gasteiger partial charge in [-0.05, 0) is 12.5 Å². The van der Waals surface area contributed by atoms with E-state index < -0.39 is 0 Å². The van der Waals surface area contributed by atoms with Crippen LogP contribution in [0.2, 0.25) is 0 Å². The number of nitrogens with zero attached hydrogens (tertiary/aromatic N) is 1. The van der Waals surface area contributed by atoms with Gasteiger partial charge in [-0.15, -0.1) is 0 Å². The van der Waals surface area contributed by atoms with Crippen LogP contribution in [-0.4, -0.2) is 28.6 Å². The molecule has 0 saturated carbocycles. The second kappa shape index (κ2) is 7.35. The van der Waals surface area contributed by atoms with E-state index in [9.17, 15) is 9.59 Å². The summed E-state index contributed by atoms with van der Waals surface area (Å²) < 4.78 is 5.51. The van der Waals surface area contributed by atoms with Crippen LogP contribution in [0.25, 0.3) is 0 Å². The maximum absolute atomic E-state index is 11.8. The second-order valence-corrected chi connectivity index (χ2v) is 6.17. The van der Waals surface area contributed by atoms with E-state index in [1.807, 2.05) is 30.3 Å². The molecule has 20 heavy (non-hydrogen) atoms. The average Bonchev–Trinajstić information content (AvgIpc) is 2.47. The van der Waals surface area contributed by atoms with Crippen LogP contribution in [0.4, 0.5) is 0 Å². The Kier molecular flexibility index (Phi) is 5.49. The summed E-state index contributed by atoms with van der Waals surface area (Å²) in [5.41, 5.74) is 3.41. The van der Waals surface area contributed by atoms with Crippen molar-refractivity contribution < 1.29 is 14.3 Å². The van der Waals surface area contributed by atoms with Crippen molar-refractivity contribution in [3.63, 3.8) is 0 Å². The number of hydrazone groups is 1. The standard InChI is InChI=1S/C13H14N2O3S2/c1-2-18-10(16)8-19-13-15-14-12(17)11(20-13)9-6-4-3-5-7-9/h3-7,11H,2,8H2,1H3,(H,14,17). The molecular weight excluding hydrogens is 296 g/mol. The van der Waals surface area contributed by atoms with Gasteiger partial charge in [-0.1, -0.05) is 53.9 Å². The normalized spacial score (nSPS) is 18.1. The lowest BCUT2D eigenvalue weighted by Gasteiger charge is -2.20. The predicted molar refractivity (Wildman–Crippen MR) is 81.4 cm³/mol. The van der Waals surface area contributed by atoms with Crippen molar-refractivity contribution in [2.24, 2.45) is 5.10 Å². The Morgan fingerprint density at radius 2 is 2.20 bits per heavy atom. The molecule has 0 bridgehead atoms. The summed E-state index contributed by atoms with van der Waals surface area (Å²) in [5.74, 6) is -0.243. The highest BCUT2D eigenvalue weighted by Crippen LogP contribution is 2.35. The van der Waals surface area contributed by atoms with Crippen molar-refractivity contribution in [1.82, 2.24) is 5.43 Å². The van der Waals surface area contributed by atoms with Crippen molar-refractivity contribution in [2.45, 2.75) is 12.2 Å². The number of amides is 1. The fraction of sp³-hybridized carbons (Fsp3) is 0.308. The maximum atomic E-state index is 11.8. The highest BCUT2D eigenvalue weighted by molar-refractivity contribution is 8.39. The lowest BCUT2D eigenvalue weighted by molar-refractivity contribution is -0.139. The van der Waals surface area contributed by atoms with Gasteiger partial charge < -0.3 is 4.74 Å². The largest absolute Gasteiger partial charge is 0.465 e. The van der Waals surface area contributed by atoms with Gasteiger partial charge in [-0.25, -0.2) is 5.43 Å². The quantitative estimate of drug-likeness (QED) is 0.863. The molecule has 0 radical (unpaired) electrons. The molecule has 0 aliphatic carbocycles. The maximum Gasteiger partial charge on any atom is 0.316 e. The summed E-state index contributed by atoms with van der Waals surface area (Å²) in [6, 6.07) is 9.48. The molecule has 1 aliphatic rings. The van der Waals surface area contributed by atoms with Crippen LogP contribution in [0.3, 0.4) is 0 Å². The number of nitrogens with one attached hydrogen (secondary N) is 1. The van der Waals surface area contributed by atoms with E-state index in [0.29, 0.717) is 11.0 Å². The number of esters is 1. The summed E-state index contributed by atoms with van der Waals surface area (Å²) in [6.45, 7) is 2.13. The molecule has 1 amide bonds. The van der Waals surface area contributed by atoms with E-state index in [4.69, 9.17) is 4.74 Å². The van der Waals surface area contributed by atoms with Crippen molar-refractivity contribution >= 4 is 39.8 Å². The van der Waals surface area contributed by atoms with E-state index in [0.717, 1.165) is 5.56 Å². The minimum absolute atomic E-state index is 0.151. The van der Waals surface area contributed by atoms with E-state index in [-0.39, 0.29) is 22.9 Å². The number of hydrogen-bond donors (Lipinski definition) is 1. The summed E-state index contributed by atoms with van der Waals surface area (Å²) in [5, 5.41) is 3.62. The number of thioether (sulfide) groups is 2.